The minimum atomic E-state index is -0.145. The van der Waals surface area contributed by atoms with Crippen molar-refractivity contribution in [2.45, 2.75) is 58.2 Å². The molecule has 0 aliphatic carbocycles. The van der Waals surface area contributed by atoms with Gasteiger partial charge >= 0.3 is 0 Å². The summed E-state index contributed by atoms with van der Waals surface area (Å²) in [5, 5.41) is 3.68. The van der Waals surface area contributed by atoms with Crippen molar-refractivity contribution in [2.75, 3.05) is 13.2 Å². The van der Waals surface area contributed by atoms with Crippen molar-refractivity contribution in [1.82, 2.24) is 5.32 Å². The third-order valence-electron chi connectivity index (χ3n) is 3.51. The van der Waals surface area contributed by atoms with Crippen LogP contribution < -0.4 is 10.1 Å². The number of benzene rings is 1. The molecule has 1 N–H and O–H groups in total. The monoisotopic (exact) mass is 277 g/mol. The van der Waals surface area contributed by atoms with Crippen molar-refractivity contribution in [2.24, 2.45) is 0 Å². The Balaban J connectivity index is 1.91. The van der Waals surface area contributed by atoms with E-state index in [1.165, 1.54) is 5.56 Å². The number of ether oxygens (including phenoxy) is 2. The van der Waals surface area contributed by atoms with Crippen LogP contribution in [0.15, 0.2) is 24.3 Å². The van der Waals surface area contributed by atoms with Crippen molar-refractivity contribution in [3.63, 3.8) is 0 Å². The maximum absolute atomic E-state index is 5.85. The molecule has 1 aliphatic rings. The lowest BCUT2D eigenvalue weighted by Crippen LogP contribution is -2.36. The van der Waals surface area contributed by atoms with Gasteiger partial charge in [-0.1, -0.05) is 12.1 Å². The SMILES string of the molecule is CC(NC1CCOCC1)c1ccc(OC(C)(C)C)cc1. The Hall–Kier alpha value is -1.06. The van der Waals surface area contributed by atoms with E-state index in [1.807, 2.05) is 0 Å². The van der Waals surface area contributed by atoms with Crippen molar-refractivity contribution in [1.29, 1.82) is 0 Å². The summed E-state index contributed by atoms with van der Waals surface area (Å²) >= 11 is 0. The molecule has 0 spiro atoms. The van der Waals surface area contributed by atoms with Gasteiger partial charge in [0.1, 0.15) is 11.4 Å². The molecule has 112 valence electrons. The molecular weight excluding hydrogens is 250 g/mol. The van der Waals surface area contributed by atoms with Gasteiger partial charge in [-0.2, -0.15) is 0 Å². The molecule has 0 saturated carbocycles. The number of rotatable bonds is 4. The molecular formula is C17H27NO2. The van der Waals surface area contributed by atoms with Gasteiger partial charge in [0.05, 0.1) is 0 Å². The van der Waals surface area contributed by atoms with Crippen LogP contribution in [0.25, 0.3) is 0 Å². The van der Waals surface area contributed by atoms with Crippen LogP contribution in [0, 0.1) is 0 Å². The smallest absolute Gasteiger partial charge is 0.120 e. The number of hydrogen-bond acceptors (Lipinski definition) is 3. The number of hydrogen-bond donors (Lipinski definition) is 1. The summed E-state index contributed by atoms with van der Waals surface area (Å²) in [6, 6.07) is 9.35. The molecule has 0 aromatic heterocycles. The summed E-state index contributed by atoms with van der Waals surface area (Å²) in [5.74, 6) is 0.930. The fourth-order valence-corrected chi connectivity index (χ4v) is 2.49. The van der Waals surface area contributed by atoms with Crippen molar-refractivity contribution in [3.8, 4) is 5.75 Å². The van der Waals surface area contributed by atoms with Gasteiger partial charge < -0.3 is 14.8 Å². The predicted octanol–water partition coefficient (Wildman–Crippen LogP) is 3.69. The van der Waals surface area contributed by atoms with Crippen molar-refractivity contribution >= 4 is 0 Å². The van der Waals surface area contributed by atoms with Crippen LogP contribution in [0.4, 0.5) is 0 Å². The molecule has 0 amide bonds. The zero-order valence-corrected chi connectivity index (χ0v) is 13.1. The van der Waals surface area contributed by atoms with Crippen LogP contribution in [0.2, 0.25) is 0 Å². The Bertz CT molecular complexity index is 402. The molecule has 1 aliphatic heterocycles. The highest BCUT2D eigenvalue weighted by molar-refractivity contribution is 5.29. The Labute approximate surface area is 122 Å². The van der Waals surface area contributed by atoms with E-state index in [1.54, 1.807) is 0 Å². The quantitative estimate of drug-likeness (QED) is 0.910. The van der Waals surface area contributed by atoms with Gasteiger partial charge in [-0.3, -0.25) is 0 Å². The molecule has 1 heterocycles. The zero-order valence-electron chi connectivity index (χ0n) is 13.1. The highest BCUT2D eigenvalue weighted by Gasteiger charge is 2.17. The highest BCUT2D eigenvalue weighted by Crippen LogP contribution is 2.22. The van der Waals surface area contributed by atoms with E-state index < -0.39 is 0 Å². The second-order valence-electron chi connectivity index (χ2n) is 6.56. The lowest BCUT2D eigenvalue weighted by atomic mass is 10.0. The lowest BCUT2D eigenvalue weighted by Gasteiger charge is -2.27. The van der Waals surface area contributed by atoms with Gasteiger partial charge in [-0.05, 0) is 58.2 Å². The first-order valence-corrected chi connectivity index (χ1v) is 7.57. The van der Waals surface area contributed by atoms with Crippen LogP contribution in [0.1, 0.15) is 52.1 Å². The van der Waals surface area contributed by atoms with Gasteiger partial charge in [0, 0.05) is 25.3 Å². The third kappa shape index (κ3) is 4.80. The van der Waals surface area contributed by atoms with Crippen molar-refractivity contribution < 1.29 is 9.47 Å². The molecule has 1 unspecified atom stereocenters. The Kier molecular flexibility index (Phi) is 5.06. The summed E-state index contributed by atoms with van der Waals surface area (Å²) < 4.78 is 11.2. The molecule has 1 aromatic rings. The van der Waals surface area contributed by atoms with E-state index in [-0.39, 0.29) is 5.60 Å². The van der Waals surface area contributed by atoms with Crippen LogP contribution in [-0.2, 0) is 4.74 Å². The average Bonchev–Trinajstić information content (AvgIpc) is 2.39. The fourth-order valence-electron chi connectivity index (χ4n) is 2.49. The van der Waals surface area contributed by atoms with Gasteiger partial charge in [0.2, 0.25) is 0 Å². The van der Waals surface area contributed by atoms with E-state index in [4.69, 9.17) is 9.47 Å². The van der Waals surface area contributed by atoms with Crippen molar-refractivity contribution in [3.05, 3.63) is 29.8 Å². The van der Waals surface area contributed by atoms with Gasteiger partial charge in [-0.25, -0.2) is 0 Å². The first-order valence-electron chi connectivity index (χ1n) is 7.57. The van der Waals surface area contributed by atoms with Gasteiger partial charge in [0.25, 0.3) is 0 Å². The molecule has 3 heteroatoms. The fraction of sp³-hybridized carbons (Fsp3) is 0.647. The van der Waals surface area contributed by atoms with E-state index in [0.29, 0.717) is 12.1 Å². The van der Waals surface area contributed by atoms with E-state index in [0.717, 1.165) is 31.8 Å². The summed E-state index contributed by atoms with van der Waals surface area (Å²) in [4.78, 5) is 0. The van der Waals surface area contributed by atoms with Crippen LogP contribution in [0.3, 0.4) is 0 Å². The Morgan fingerprint density at radius 2 is 1.75 bits per heavy atom. The minimum absolute atomic E-state index is 0.145. The first-order chi connectivity index (χ1) is 9.44. The minimum Gasteiger partial charge on any atom is -0.488 e. The Morgan fingerprint density at radius 1 is 1.15 bits per heavy atom. The van der Waals surface area contributed by atoms with Crippen LogP contribution in [-0.4, -0.2) is 24.9 Å². The predicted molar refractivity (Wildman–Crippen MR) is 82.2 cm³/mol. The third-order valence-corrected chi connectivity index (χ3v) is 3.51. The van der Waals surface area contributed by atoms with Crippen LogP contribution >= 0.6 is 0 Å². The molecule has 0 radical (unpaired) electrons. The summed E-state index contributed by atoms with van der Waals surface area (Å²) in [5.41, 5.74) is 1.16. The topological polar surface area (TPSA) is 30.5 Å². The number of nitrogens with one attached hydrogen (secondary N) is 1. The highest BCUT2D eigenvalue weighted by atomic mass is 16.5. The molecule has 20 heavy (non-hydrogen) atoms. The molecule has 1 aromatic carbocycles. The summed E-state index contributed by atoms with van der Waals surface area (Å²) in [6.45, 7) is 10.2. The van der Waals surface area contributed by atoms with Gasteiger partial charge in [0.15, 0.2) is 0 Å². The van der Waals surface area contributed by atoms with E-state index in [9.17, 15) is 0 Å². The largest absolute Gasteiger partial charge is 0.488 e. The maximum Gasteiger partial charge on any atom is 0.120 e. The summed E-state index contributed by atoms with van der Waals surface area (Å²) in [7, 11) is 0. The van der Waals surface area contributed by atoms with Crippen LogP contribution in [0.5, 0.6) is 5.75 Å². The van der Waals surface area contributed by atoms with Gasteiger partial charge in [-0.15, -0.1) is 0 Å². The Morgan fingerprint density at radius 3 is 2.30 bits per heavy atom. The molecule has 3 nitrogen and oxygen atoms in total. The second-order valence-corrected chi connectivity index (χ2v) is 6.56. The van der Waals surface area contributed by atoms with E-state index in [2.05, 4.69) is 57.3 Å². The average molecular weight is 277 g/mol. The van der Waals surface area contributed by atoms with E-state index >= 15 is 0 Å². The molecule has 1 saturated heterocycles. The molecule has 1 atom stereocenters. The lowest BCUT2D eigenvalue weighted by molar-refractivity contribution is 0.0754. The standard InChI is InChI=1S/C17H27NO2/c1-13(18-15-9-11-19-12-10-15)14-5-7-16(8-6-14)20-17(2,3)4/h5-8,13,15,18H,9-12H2,1-4H3. The maximum atomic E-state index is 5.85. The molecule has 2 rings (SSSR count). The first kappa shape index (κ1) is 15.3. The molecule has 0 bridgehead atoms. The second kappa shape index (κ2) is 6.59. The summed E-state index contributed by atoms with van der Waals surface area (Å²) in [6.07, 6.45) is 2.21. The molecule has 1 fully saturated rings. The normalized spacial score (nSPS) is 18.8. The zero-order chi connectivity index (χ0) is 14.6.